The third-order valence-corrected chi connectivity index (χ3v) is 5.09. The third-order valence-electron chi connectivity index (χ3n) is 5.09. The highest BCUT2D eigenvalue weighted by atomic mass is 16.2. The van der Waals surface area contributed by atoms with E-state index in [1.807, 2.05) is 19.2 Å². The molecule has 2 aliphatic rings. The number of amides is 1. The van der Waals surface area contributed by atoms with E-state index in [0.29, 0.717) is 6.04 Å². The first kappa shape index (κ1) is 14.6. The molecule has 3 heteroatoms. The summed E-state index contributed by atoms with van der Waals surface area (Å²) in [7, 11) is 1.94. The van der Waals surface area contributed by atoms with Crippen molar-refractivity contribution >= 4 is 5.91 Å². The summed E-state index contributed by atoms with van der Waals surface area (Å²) < 4.78 is 0. The van der Waals surface area contributed by atoms with Gasteiger partial charge in [-0.2, -0.15) is 0 Å². The van der Waals surface area contributed by atoms with E-state index in [4.69, 9.17) is 0 Å². The van der Waals surface area contributed by atoms with E-state index in [-0.39, 0.29) is 5.91 Å². The molecule has 1 aromatic rings. The normalized spacial score (nSPS) is 25.5. The quantitative estimate of drug-likeness (QED) is 0.925. The molecule has 0 aromatic heterocycles. The maximum atomic E-state index is 12.8. The van der Waals surface area contributed by atoms with Crippen LogP contribution in [0.1, 0.15) is 54.4 Å². The third kappa shape index (κ3) is 3.13. The molecule has 2 unspecified atom stereocenters. The van der Waals surface area contributed by atoms with Gasteiger partial charge in [-0.25, -0.2) is 0 Å². The lowest BCUT2D eigenvalue weighted by molar-refractivity contribution is 0.0390. The first-order valence-electron chi connectivity index (χ1n) is 8.34. The fraction of sp³-hybridized carbons (Fsp3) is 0.611. The fourth-order valence-corrected chi connectivity index (χ4v) is 4.01. The van der Waals surface area contributed by atoms with Gasteiger partial charge in [-0.15, -0.1) is 0 Å². The first-order valence-corrected chi connectivity index (χ1v) is 8.34. The second kappa shape index (κ2) is 6.61. The maximum absolute atomic E-state index is 12.8. The molecule has 0 bridgehead atoms. The average molecular weight is 286 g/mol. The second-order valence-corrected chi connectivity index (χ2v) is 6.48. The standard InChI is InChI=1S/C18H26N2O/c1-19-13-14-8-10-16(11-9-14)18(21)20-12-4-6-15-5-2-3-7-17(15)20/h8-11,15,17,19H,2-7,12-13H2,1H3. The van der Waals surface area contributed by atoms with Gasteiger partial charge in [-0.1, -0.05) is 25.0 Å². The van der Waals surface area contributed by atoms with Crippen LogP contribution in [-0.4, -0.2) is 30.4 Å². The molecule has 2 atom stereocenters. The van der Waals surface area contributed by atoms with Crippen LogP contribution in [0.4, 0.5) is 0 Å². The molecular weight excluding hydrogens is 260 g/mol. The zero-order valence-electron chi connectivity index (χ0n) is 13.0. The minimum absolute atomic E-state index is 0.239. The number of benzene rings is 1. The van der Waals surface area contributed by atoms with Gasteiger partial charge in [0.05, 0.1) is 0 Å². The van der Waals surface area contributed by atoms with Crippen LogP contribution in [0.25, 0.3) is 0 Å². The topological polar surface area (TPSA) is 32.3 Å². The predicted octanol–water partition coefficient (Wildman–Crippen LogP) is 3.20. The van der Waals surface area contributed by atoms with Crippen LogP contribution in [-0.2, 0) is 6.54 Å². The maximum Gasteiger partial charge on any atom is 0.254 e. The molecule has 1 heterocycles. The molecule has 1 saturated carbocycles. The van der Waals surface area contributed by atoms with Crippen LogP contribution in [0.15, 0.2) is 24.3 Å². The summed E-state index contributed by atoms with van der Waals surface area (Å²) in [6.45, 7) is 1.79. The molecule has 0 spiro atoms. The van der Waals surface area contributed by atoms with Crippen LogP contribution in [0.5, 0.6) is 0 Å². The summed E-state index contributed by atoms with van der Waals surface area (Å²) in [5.74, 6) is 0.989. The Morgan fingerprint density at radius 1 is 1.14 bits per heavy atom. The van der Waals surface area contributed by atoms with Crippen molar-refractivity contribution in [3.63, 3.8) is 0 Å². The van der Waals surface area contributed by atoms with Gasteiger partial charge in [0.2, 0.25) is 0 Å². The van der Waals surface area contributed by atoms with Crippen LogP contribution in [0.2, 0.25) is 0 Å². The molecular formula is C18H26N2O. The van der Waals surface area contributed by atoms with E-state index in [9.17, 15) is 4.79 Å². The van der Waals surface area contributed by atoms with Gasteiger partial charge in [0.15, 0.2) is 0 Å². The zero-order chi connectivity index (χ0) is 14.7. The molecule has 114 valence electrons. The van der Waals surface area contributed by atoms with Crippen molar-refractivity contribution < 1.29 is 4.79 Å². The number of nitrogens with zero attached hydrogens (tertiary/aromatic N) is 1. The molecule has 3 nitrogen and oxygen atoms in total. The van der Waals surface area contributed by atoms with Crippen LogP contribution in [0, 0.1) is 5.92 Å². The van der Waals surface area contributed by atoms with E-state index in [1.54, 1.807) is 0 Å². The Balaban J connectivity index is 1.73. The van der Waals surface area contributed by atoms with Crippen molar-refractivity contribution in [3.05, 3.63) is 35.4 Å². The summed E-state index contributed by atoms with van der Waals surface area (Å²) >= 11 is 0. The second-order valence-electron chi connectivity index (χ2n) is 6.48. The lowest BCUT2D eigenvalue weighted by Crippen LogP contribution is -2.49. The number of likely N-dealkylation sites (tertiary alicyclic amines) is 1. The molecule has 1 aliphatic heterocycles. The Morgan fingerprint density at radius 2 is 1.86 bits per heavy atom. The Labute approximate surface area is 127 Å². The highest BCUT2D eigenvalue weighted by molar-refractivity contribution is 5.94. The van der Waals surface area contributed by atoms with Crippen molar-refractivity contribution in [2.45, 2.75) is 51.1 Å². The van der Waals surface area contributed by atoms with E-state index >= 15 is 0 Å². The van der Waals surface area contributed by atoms with Gasteiger partial charge >= 0.3 is 0 Å². The number of carbonyl (C=O) groups excluding carboxylic acids is 1. The van der Waals surface area contributed by atoms with Crippen molar-refractivity contribution in [2.24, 2.45) is 5.92 Å². The van der Waals surface area contributed by atoms with E-state index in [0.717, 1.165) is 24.6 Å². The van der Waals surface area contributed by atoms with Gasteiger partial charge in [0, 0.05) is 24.7 Å². The van der Waals surface area contributed by atoms with Crippen LogP contribution < -0.4 is 5.32 Å². The SMILES string of the molecule is CNCc1ccc(C(=O)N2CCCC3CCCCC32)cc1. The molecule has 1 N–H and O–H groups in total. The minimum atomic E-state index is 0.239. The van der Waals surface area contributed by atoms with Gasteiger partial charge < -0.3 is 10.2 Å². The minimum Gasteiger partial charge on any atom is -0.335 e. The fourth-order valence-electron chi connectivity index (χ4n) is 4.01. The Hall–Kier alpha value is -1.35. The number of hydrogen-bond donors (Lipinski definition) is 1. The zero-order valence-corrected chi connectivity index (χ0v) is 13.0. The highest BCUT2D eigenvalue weighted by Crippen LogP contribution is 2.35. The van der Waals surface area contributed by atoms with Crippen LogP contribution in [0.3, 0.4) is 0 Å². The molecule has 1 aromatic carbocycles. The summed E-state index contributed by atoms with van der Waals surface area (Å²) in [5.41, 5.74) is 2.07. The van der Waals surface area contributed by atoms with E-state index in [1.165, 1.54) is 44.1 Å². The lowest BCUT2D eigenvalue weighted by atomic mass is 9.78. The Kier molecular flexibility index (Phi) is 4.59. The van der Waals surface area contributed by atoms with Gasteiger partial charge in [0.1, 0.15) is 0 Å². The van der Waals surface area contributed by atoms with Crippen molar-refractivity contribution in [1.29, 1.82) is 0 Å². The summed E-state index contributed by atoms with van der Waals surface area (Å²) in [5, 5.41) is 3.14. The molecule has 0 radical (unpaired) electrons. The van der Waals surface area contributed by atoms with Crippen LogP contribution >= 0.6 is 0 Å². The summed E-state index contributed by atoms with van der Waals surface area (Å²) in [6.07, 6.45) is 7.64. The van der Waals surface area contributed by atoms with Crippen molar-refractivity contribution in [3.8, 4) is 0 Å². The van der Waals surface area contributed by atoms with E-state index in [2.05, 4.69) is 22.3 Å². The molecule has 1 amide bonds. The average Bonchev–Trinajstić information content (AvgIpc) is 2.55. The number of piperidine rings is 1. The molecule has 2 fully saturated rings. The lowest BCUT2D eigenvalue weighted by Gasteiger charge is -2.44. The Bertz CT molecular complexity index is 480. The van der Waals surface area contributed by atoms with Crippen molar-refractivity contribution in [1.82, 2.24) is 10.2 Å². The highest BCUT2D eigenvalue weighted by Gasteiger charge is 2.35. The molecule has 1 aliphatic carbocycles. The smallest absolute Gasteiger partial charge is 0.254 e. The molecule has 3 rings (SSSR count). The first-order chi connectivity index (χ1) is 10.3. The number of fused-ring (bicyclic) bond motifs is 1. The molecule has 1 saturated heterocycles. The molecule has 21 heavy (non-hydrogen) atoms. The number of carbonyl (C=O) groups is 1. The van der Waals surface area contributed by atoms with Gasteiger partial charge in [-0.3, -0.25) is 4.79 Å². The summed E-state index contributed by atoms with van der Waals surface area (Å²) in [4.78, 5) is 15.0. The predicted molar refractivity (Wildman–Crippen MR) is 85.2 cm³/mol. The van der Waals surface area contributed by atoms with E-state index < -0.39 is 0 Å². The number of rotatable bonds is 3. The number of hydrogen-bond acceptors (Lipinski definition) is 2. The monoisotopic (exact) mass is 286 g/mol. The van der Waals surface area contributed by atoms with Crippen molar-refractivity contribution in [2.75, 3.05) is 13.6 Å². The number of nitrogens with one attached hydrogen (secondary N) is 1. The van der Waals surface area contributed by atoms with Gasteiger partial charge in [0.25, 0.3) is 5.91 Å². The Morgan fingerprint density at radius 3 is 2.62 bits per heavy atom. The van der Waals surface area contributed by atoms with Gasteiger partial charge in [-0.05, 0) is 56.3 Å². The largest absolute Gasteiger partial charge is 0.335 e. The summed E-state index contributed by atoms with van der Waals surface area (Å²) in [6, 6.07) is 8.60.